The van der Waals surface area contributed by atoms with Crippen molar-refractivity contribution in [2.45, 2.75) is 65.0 Å². The molecule has 2 aromatic heterocycles. The van der Waals surface area contributed by atoms with Crippen LogP contribution in [0.4, 0.5) is 25.1 Å². The topological polar surface area (TPSA) is 72.7 Å². The van der Waals surface area contributed by atoms with Crippen molar-refractivity contribution >= 4 is 17.6 Å². The lowest BCUT2D eigenvalue weighted by Crippen LogP contribution is -2.37. The van der Waals surface area contributed by atoms with Gasteiger partial charge in [0.25, 0.3) is 6.43 Å². The van der Waals surface area contributed by atoms with Gasteiger partial charge in [-0.3, -0.25) is 9.67 Å². The van der Waals surface area contributed by atoms with Gasteiger partial charge in [-0.15, -0.1) is 0 Å². The van der Waals surface area contributed by atoms with Crippen LogP contribution in [0.1, 0.15) is 66.9 Å². The molecule has 4 heterocycles. The van der Waals surface area contributed by atoms with Crippen molar-refractivity contribution in [1.29, 1.82) is 0 Å². The Morgan fingerprint density at radius 1 is 1.24 bits per heavy atom. The zero-order chi connectivity index (χ0) is 24.4. The molecule has 1 amide bonds. The number of methoxy groups -OCH3 is 2. The molecule has 0 bridgehead atoms. The second kappa shape index (κ2) is 10.2. The van der Waals surface area contributed by atoms with Crippen molar-refractivity contribution in [2.75, 3.05) is 38.8 Å². The summed E-state index contributed by atoms with van der Waals surface area (Å²) in [6.45, 7) is 5.81. The number of aryl methyl sites for hydroxylation is 2. The van der Waals surface area contributed by atoms with E-state index >= 15 is 0 Å². The summed E-state index contributed by atoms with van der Waals surface area (Å²) < 4.78 is 39.9. The minimum atomic E-state index is -2.60. The first-order valence-electron chi connectivity index (χ1n) is 11.9. The molecule has 186 valence electrons. The predicted molar refractivity (Wildman–Crippen MR) is 124 cm³/mol. The predicted octanol–water partition coefficient (Wildman–Crippen LogP) is 4.72. The van der Waals surface area contributed by atoms with Gasteiger partial charge in [-0.25, -0.2) is 13.6 Å². The molecule has 10 heteroatoms. The molecule has 0 fully saturated rings. The van der Waals surface area contributed by atoms with Crippen LogP contribution in [0, 0.1) is 6.92 Å². The van der Waals surface area contributed by atoms with Crippen LogP contribution in [0.25, 0.3) is 0 Å². The number of carbonyl (C=O) groups excluding carboxylic acids is 1. The fourth-order valence-corrected chi connectivity index (χ4v) is 5.08. The molecular weight excluding hydrogens is 444 g/mol. The quantitative estimate of drug-likeness (QED) is 0.575. The van der Waals surface area contributed by atoms with Gasteiger partial charge in [0.15, 0.2) is 5.82 Å². The van der Waals surface area contributed by atoms with Gasteiger partial charge in [0.05, 0.1) is 37.7 Å². The SMILES string of the molecule is CCCC(COC)n1nc(N2CCCc3nc(C)c(C(F)F)cc32)c2c1CCN(C(=O)OC)C2. The molecule has 0 aliphatic carbocycles. The van der Waals surface area contributed by atoms with Gasteiger partial charge in [0, 0.05) is 49.1 Å². The maximum Gasteiger partial charge on any atom is 0.409 e. The average Bonchev–Trinajstić information content (AvgIpc) is 3.20. The Hall–Kier alpha value is -2.75. The summed E-state index contributed by atoms with van der Waals surface area (Å²) in [5.74, 6) is 0.702. The minimum absolute atomic E-state index is 0.0548. The number of rotatable bonds is 7. The minimum Gasteiger partial charge on any atom is -0.453 e. The first-order chi connectivity index (χ1) is 16.4. The van der Waals surface area contributed by atoms with Crippen LogP contribution in [-0.4, -0.2) is 59.7 Å². The molecule has 8 nitrogen and oxygen atoms in total. The molecule has 4 rings (SSSR count). The first-order valence-corrected chi connectivity index (χ1v) is 11.9. The van der Waals surface area contributed by atoms with Gasteiger partial charge in [-0.2, -0.15) is 5.10 Å². The number of ether oxygens (including phenoxy) is 2. The third-order valence-electron chi connectivity index (χ3n) is 6.71. The molecule has 0 radical (unpaired) electrons. The van der Waals surface area contributed by atoms with Crippen molar-refractivity contribution in [3.63, 3.8) is 0 Å². The van der Waals surface area contributed by atoms with Crippen molar-refractivity contribution in [3.8, 4) is 0 Å². The average molecular weight is 478 g/mol. The number of pyridine rings is 1. The lowest BCUT2D eigenvalue weighted by atomic mass is 10.0. The van der Waals surface area contributed by atoms with Gasteiger partial charge in [-0.05, 0) is 32.3 Å². The van der Waals surface area contributed by atoms with Crippen LogP contribution in [-0.2, 0) is 28.9 Å². The third-order valence-corrected chi connectivity index (χ3v) is 6.71. The smallest absolute Gasteiger partial charge is 0.409 e. The number of aromatic nitrogens is 3. The molecular formula is C24H33F2N5O3. The standard InChI is InChI=1S/C24H33F2N5O3/c1-5-7-16(14-33-3)31-20-9-11-29(24(32)34-4)13-18(20)23(28-31)30-10-6-8-19-21(30)12-17(22(25)26)15(2)27-19/h12,16,22H,5-11,13-14H2,1-4H3. The Labute approximate surface area is 198 Å². The van der Waals surface area contributed by atoms with E-state index in [1.807, 2.05) is 9.58 Å². The van der Waals surface area contributed by atoms with Crippen molar-refractivity contribution in [2.24, 2.45) is 0 Å². The fraction of sp³-hybridized carbons (Fsp3) is 0.625. The highest BCUT2D eigenvalue weighted by molar-refractivity contribution is 5.71. The number of nitrogens with zero attached hydrogens (tertiary/aromatic N) is 5. The van der Waals surface area contributed by atoms with E-state index < -0.39 is 6.43 Å². The van der Waals surface area contributed by atoms with Crippen molar-refractivity contribution < 1.29 is 23.0 Å². The second-order valence-electron chi connectivity index (χ2n) is 8.92. The van der Waals surface area contributed by atoms with Gasteiger partial charge in [-0.1, -0.05) is 13.3 Å². The largest absolute Gasteiger partial charge is 0.453 e. The van der Waals surface area contributed by atoms with Gasteiger partial charge in [0.2, 0.25) is 0 Å². The van der Waals surface area contributed by atoms with E-state index in [9.17, 15) is 13.6 Å². The molecule has 34 heavy (non-hydrogen) atoms. The summed E-state index contributed by atoms with van der Waals surface area (Å²) in [6.07, 6.45) is 1.09. The molecule has 2 aliphatic rings. The molecule has 0 N–H and O–H groups in total. The number of fused-ring (bicyclic) bond motifs is 2. The van der Waals surface area contributed by atoms with E-state index in [1.165, 1.54) is 7.11 Å². The lowest BCUT2D eigenvalue weighted by Gasteiger charge is -2.32. The number of alkyl halides is 2. The summed E-state index contributed by atoms with van der Waals surface area (Å²) in [5.41, 5.74) is 3.78. The Balaban J connectivity index is 1.84. The van der Waals surface area contributed by atoms with E-state index in [0.29, 0.717) is 49.9 Å². The Morgan fingerprint density at radius 3 is 2.71 bits per heavy atom. The number of carbonyl (C=O) groups is 1. The normalized spacial score (nSPS) is 16.4. The van der Waals surface area contributed by atoms with Crippen LogP contribution in [0.15, 0.2) is 6.07 Å². The number of hydrogen-bond acceptors (Lipinski definition) is 6. The van der Waals surface area contributed by atoms with Crippen molar-refractivity contribution in [1.82, 2.24) is 19.7 Å². The third kappa shape index (κ3) is 4.47. The molecule has 2 aliphatic heterocycles. The second-order valence-corrected chi connectivity index (χ2v) is 8.92. The molecule has 2 aromatic rings. The van der Waals surface area contributed by atoms with Crippen molar-refractivity contribution in [3.05, 3.63) is 34.3 Å². The number of halogens is 2. The Bertz CT molecular complexity index is 1040. The lowest BCUT2D eigenvalue weighted by molar-refractivity contribution is 0.116. The molecule has 0 spiro atoms. The highest BCUT2D eigenvalue weighted by Crippen LogP contribution is 2.40. The van der Waals surface area contributed by atoms with E-state index in [4.69, 9.17) is 14.6 Å². The molecule has 1 atom stereocenters. The maximum atomic E-state index is 13.7. The Morgan fingerprint density at radius 2 is 2.03 bits per heavy atom. The summed E-state index contributed by atoms with van der Waals surface area (Å²) in [4.78, 5) is 20.5. The van der Waals surface area contributed by atoms with Crippen LogP contribution in [0.3, 0.4) is 0 Å². The summed E-state index contributed by atoms with van der Waals surface area (Å²) in [5, 5.41) is 5.04. The van der Waals surface area contributed by atoms with Crippen LogP contribution in [0.2, 0.25) is 0 Å². The number of amides is 1. The summed E-state index contributed by atoms with van der Waals surface area (Å²) in [7, 11) is 3.05. The highest BCUT2D eigenvalue weighted by Gasteiger charge is 2.34. The summed E-state index contributed by atoms with van der Waals surface area (Å²) >= 11 is 0. The molecule has 1 unspecified atom stereocenters. The van der Waals surface area contributed by atoms with Gasteiger partial charge in [0.1, 0.15) is 0 Å². The number of hydrogen-bond donors (Lipinski definition) is 0. The van der Waals surface area contributed by atoms with Gasteiger partial charge < -0.3 is 19.3 Å². The van der Waals surface area contributed by atoms with E-state index in [2.05, 4.69) is 11.9 Å². The number of anilines is 2. The van der Waals surface area contributed by atoms with Crippen LogP contribution < -0.4 is 4.90 Å². The van der Waals surface area contributed by atoms with E-state index in [0.717, 1.165) is 42.6 Å². The molecule has 0 saturated heterocycles. The van der Waals surface area contributed by atoms with Crippen LogP contribution >= 0.6 is 0 Å². The summed E-state index contributed by atoms with van der Waals surface area (Å²) in [6, 6.07) is 1.62. The highest BCUT2D eigenvalue weighted by atomic mass is 19.3. The maximum absolute atomic E-state index is 13.7. The first kappa shape index (κ1) is 24.4. The Kier molecular flexibility index (Phi) is 7.35. The van der Waals surface area contributed by atoms with E-state index in [1.54, 1.807) is 25.0 Å². The fourth-order valence-electron chi connectivity index (χ4n) is 5.08. The molecule has 0 saturated carbocycles. The monoisotopic (exact) mass is 477 g/mol. The van der Waals surface area contributed by atoms with Gasteiger partial charge >= 0.3 is 6.09 Å². The zero-order valence-corrected chi connectivity index (χ0v) is 20.3. The zero-order valence-electron chi connectivity index (χ0n) is 20.3. The van der Waals surface area contributed by atoms with E-state index in [-0.39, 0.29) is 17.7 Å². The molecule has 0 aromatic carbocycles. The van der Waals surface area contributed by atoms with Crippen LogP contribution in [0.5, 0.6) is 0 Å².